The quantitative estimate of drug-likeness (QED) is 0.656. The van der Waals surface area contributed by atoms with Gasteiger partial charge in [-0.2, -0.15) is 13.2 Å². The molecule has 2 fully saturated rings. The molecule has 0 atom stereocenters. The molecule has 172 valence electrons. The highest BCUT2D eigenvalue weighted by Crippen LogP contribution is 2.34. The Balaban J connectivity index is 1.26. The van der Waals surface area contributed by atoms with E-state index in [2.05, 4.69) is 39.0 Å². The molecule has 1 aliphatic carbocycles. The second kappa shape index (κ2) is 9.05. The van der Waals surface area contributed by atoms with Crippen molar-refractivity contribution in [2.24, 2.45) is 5.92 Å². The fourth-order valence-electron chi connectivity index (χ4n) is 4.65. The average molecular weight is 448 g/mol. The average Bonchev–Trinajstić information content (AvgIpc) is 2.73. The van der Waals surface area contributed by atoms with E-state index < -0.39 is 11.7 Å². The number of amides is 1. The molecule has 1 saturated carbocycles. The van der Waals surface area contributed by atoms with Crippen molar-refractivity contribution in [3.05, 3.63) is 42.2 Å². The third kappa shape index (κ3) is 5.03. The number of aromatic nitrogens is 2. The number of nitrogens with one attached hydrogen (secondary N) is 2. The number of hydrogen-bond acceptors (Lipinski definition) is 5. The van der Waals surface area contributed by atoms with Crippen LogP contribution in [0, 0.1) is 5.92 Å². The van der Waals surface area contributed by atoms with Crippen LogP contribution in [-0.2, 0) is 11.0 Å². The van der Waals surface area contributed by atoms with Crippen molar-refractivity contribution in [1.29, 1.82) is 0 Å². The molecule has 2 aromatic rings. The summed E-state index contributed by atoms with van der Waals surface area (Å²) in [7, 11) is 0. The summed E-state index contributed by atoms with van der Waals surface area (Å²) in [6.45, 7) is 7.78. The van der Waals surface area contributed by atoms with Gasteiger partial charge in [0.1, 0.15) is 12.1 Å². The van der Waals surface area contributed by atoms with Crippen LogP contribution < -0.4 is 10.6 Å². The van der Waals surface area contributed by atoms with E-state index in [0.717, 1.165) is 25.2 Å². The van der Waals surface area contributed by atoms with Crippen molar-refractivity contribution in [3.8, 4) is 0 Å². The Hall–Kier alpha value is -2.68. The third-order valence-electron chi connectivity index (χ3n) is 6.56. The molecule has 32 heavy (non-hydrogen) atoms. The Morgan fingerprint density at radius 3 is 2.56 bits per heavy atom. The lowest BCUT2D eigenvalue weighted by Crippen LogP contribution is -2.63. The number of benzene rings is 1. The molecule has 1 aromatic carbocycles. The predicted molar refractivity (Wildman–Crippen MR) is 117 cm³/mol. The van der Waals surface area contributed by atoms with Crippen molar-refractivity contribution in [3.63, 3.8) is 0 Å². The minimum absolute atomic E-state index is 0.0669. The molecular weight excluding hydrogens is 419 g/mol. The second-order valence-corrected chi connectivity index (χ2v) is 8.88. The van der Waals surface area contributed by atoms with Crippen LogP contribution in [0.2, 0.25) is 0 Å². The van der Waals surface area contributed by atoms with Crippen LogP contribution >= 0.6 is 0 Å². The summed E-state index contributed by atoms with van der Waals surface area (Å²) in [4.78, 5) is 22.8. The number of anilines is 1. The van der Waals surface area contributed by atoms with Gasteiger partial charge in [0.15, 0.2) is 0 Å². The molecule has 0 unspecified atom stereocenters. The number of allylic oxidation sites excluding steroid dienone is 1. The summed E-state index contributed by atoms with van der Waals surface area (Å²) < 4.78 is 39.1. The number of likely N-dealkylation sites (tertiary alicyclic amines) is 1. The smallest absolute Gasteiger partial charge is 0.360 e. The lowest BCUT2D eigenvalue weighted by Gasteiger charge is -2.46. The van der Waals surface area contributed by atoms with Gasteiger partial charge in [-0.15, -0.1) is 0 Å². The summed E-state index contributed by atoms with van der Waals surface area (Å²) in [6.07, 6.45) is 1.50. The number of rotatable bonds is 6. The van der Waals surface area contributed by atoms with Crippen molar-refractivity contribution in [2.45, 2.75) is 50.9 Å². The Labute approximate surface area is 185 Å². The van der Waals surface area contributed by atoms with Gasteiger partial charge in [-0.05, 0) is 56.7 Å². The molecule has 1 aromatic heterocycles. The number of carbonyl (C=O) groups excluding carboxylic acids is 1. The van der Waals surface area contributed by atoms with E-state index >= 15 is 0 Å². The number of halogens is 3. The number of hydrogen-bond donors (Lipinski definition) is 2. The van der Waals surface area contributed by atoms with Gasteiger partial charge in [0.2, 0.25) is 5.91 Å². The van der Waals surface area contributed by atoms with Crippen molar-refractivity contribution >= 4 is 22.6 Å². The fraction of sp³-hybridized carbons (Fsp3) is 0.522. The molecule has 1 saturated heterocycles. The SMILES string of the molecule is C=C(C)[C@H]1CC[C@@H](N2CC(NC(=O)CNc3ncnc4ccc(C(F)(F)F)cc34)C2)CC1. The highest BCUT2D eigenvalue weighted by atomic mass is 19.4. The van der Waals surface area contributed by atoms with Gasteiger partial charge in [-0.1, -0.05) is 12.2 Å². The Morgan fingerprint density at radius 1 is 1.19 bits per heavy atom. The largest absolute Gasteiger partial charge is 0.416 e. The summed E-state index contributed by atoms with van der Waals surface area (Å²) in [5.41, 5.74) is 0.877. The van der Waals surface area contributed by atoms with E-state index in [9.17, 15) is 18.0 Å². The Bertz CT molecular complexity index is 995. The van der Waals surface area contributed by atoms with Crippen molar-refractivity contribution < 1.29 is 18.0 Å². The summed E-state index contributed by atoms with van der Waals surface area (Å²) in [6, 6.07) is 3.97. The highest BCUT2D eigenvalue weighted by Gasteiger charge is 2.35. The van der Waals surface area contributed by atoms with E-state index in [4.69, 9.17) is 0 Å². The first kappa shape index (κ1) is 22.5. The standard InChI is InChI=1S/C23H28F3N5O/c1-14(2)15-3-6-18(7-4-15)31-11-17(12-31)30-21(32)10-27-22-19-9-16(23(24,25)26)5-8-20(19)28-13-29-22/h5,8-9,13,15,17-18H,1,3-4,6-7,10-12H2,2H3,(H,30,32)(H,27,28,29)/t15-,18+. The van der Waals surface area contributed by atoms with Crippen LogP contribution in [-0.4, -0.2) is 52.5 Å². The van der Waals surface area contributed by atoms with Crippen LogP contribution in [0.1, 0.15) is 38.2 Å². The number of alkyl halides is 3. The Kier molecular flexibility index (Phi) is 6.37. The first-order valence-corrected chi connectivity index (χ1v) is 11.0. The molecule has 2 aliphatic rings. The summed E-state index contributed by atoms with van der Waals surface area (Å²) in [5.74, 6) is 0.638. The first-order valence-electron chi connectivity index (χ1n) is 11.0. The van der Waals surface area contributed by atoms with Crippen molar-refractivity contribution in [1.82, 2.24) is 20.2 Å². The van der Waals surface area contributed by atoms with E-state index in [0.29, 0.717) is 17.5 Å². The molecule has 2 N–H and O–H groups in total. The first-order chi connectivity index (χ1) is 15.2. The molecule has 2 heterocycles. The van der Waals surface area contributed by atoms with Gasteiger partial charge in [0, 0.05) is 24.5 Å². The zero-order valence-corrected chi connectivity index (χ0v) is 18.1. The van der Waals surface area contributed by atoms with E-state index in [-0.39, 0.29) is 29.7 Å². The maximum atomic E-state index is 13.0. The normalized spacial score (nSPS) is 22.4. The zero-order valence-electron chi connectivity index (χ0n) is 18.1. The monoisotopic (exact) mass is 447 g/mol. The van der Waals surface area contributed by atoms with E-state index in [1.54, 1.807) is 0 Å². The van der Waals surface area contributed by atoms with Gasteiger partial charge in [0.05, 0.1) is 23.7 Å². The molecule has 6 nitrogen and oxygen atoms in total. The number of nitrogens with zero attached hydrogens (tertiary/aromatic N) is 3. The van der Waals surface area contributed by atoms with Gasteiger partial charge >= 0.3 is 6.18 Å². The van der Waals surface area contributed by atoms with Gasteiger partial charge in [-0.25, -0.2) is 9.97 Å². The van der Waals surface area contributed by atoms with Crippen LogP contribution in [0.25, 0.3) is 10.9 Å². The van der Waals surface area contributed by atoms with Gasteiger partial charge < -0.3 is 10.6 Å². The molecule has 0 bridgehead atoms. The molecule has 0 spiro atoms. The Morgan fingerprint density at radius 2 is 1.91 bits per heavy atom. The lowest BCUT2D eigenvalue weighted by atomic mass is 9.81. The lowest BCUT2D eigenvalue weighted by molar-refractivity contribution is -0.137. The van der Waals surface area contributed by atoms with Crippen LogP contribution in [0.5, 0.6) is 0 Å². The van der Waals surface area contributed by atoms with Crippen LogP contribution in [0.3, 0.4) is 0 Å². The zero-order chi connectivity index (χ0) is 22.9. The second-order valence-electron chi connectivity index (χ2n) is 8.88. The predicted octanol–water partition coefficient (Wildman–Crippen LogP) is 4.00. The van der Waals surface area contributed by atoms with Crippen molar-refractivity contribution in [2.75, 3.05) is 25.0 Å². The molecule has 4 rings (SSSR count). The molecular formula is C23H28F3N5O. The van der Waals surface area contributed by atoms with Gasteiger partial charge in [0.25, 0.3) is 0 Å². The number of carbonyl (C=O) groups is 1. The fourth-order valence-corrected chi connectivity index (χ4v) is 4.65. The summed E-state index contributed by atoms with van der Waals surface area (Å²) in [5, 5.41) is 6.07. The number of fused-ring (bicyclic) bond motifs is 1. The maximum Gasteiger partial charge on any atom is 0.416 e. The maximum absolute atomic E-state index is 13.0. The molecule has 1 amide bonds. The van der Waals surface area contributed by atoms with E-state index in [1.165, 1.54) is 43.7 Å². The van der Waals surface area contributed by atoms with Crippen LogP contribution in [0.4, 0.5) is 19.0 Å². The molecule has 9 heteroatoms. The topological polar surface area (TPSA) is 70.2 Å². The van der Waals surface area contributed by atoms with Crippen LogP contribution in [0.15, 0.2) is 36.7 Å². The summed E-state index contributed by atoms with van der Waals surface area (Å²) >= 11 is 0. The minimum atomic E-state index is -4.46. The molecule has 1 aliphatic heterocycles. The van der Waals surface area contributed by atoms with E-state index in [1.807, 2.05) is 0 Å². The minimum Gasteiger partial charge on any atom is -0.360 e. The van der Waals surface area contributed by atoms with Gasteiger partial charge in [-0.3, -0.25) is 9.69 Å². The third-order valence-corrected chi connectivity index (χ3v) is 6.56. The highest BCUT2D eigenvalue weighted by molar-refractivity contribution is 5.91. The molecule has 0 radical (unpaired) electrons.